The van der Waals surface area contributed by atoms with Gasteiger partial charge in [-0.2, -0.15) is 4.31 Å². The van der Waals surface area contributed by atoms with E-state index >= 15 is 0 Å². The lowest BCUT2D eigenvalue weighted by molar-refractivity contribution is -0.134. The molecule has 0 spiro atoms. The summed E-state index contributed by atoms with van der Waals surface area (Å²) >= 11 is 0. The Morgan fingerprint density at radius 3 is 2.31 bits per heavy atom. The lowest BCUT2D eigenvalue weighted by atomic mass is 10.2. The summed E-state index contributed by atoms with van der Waals surface area (Å²) in [5.74, 6) is -0.227. The highest BCUT2D eigenvalue weighted by atomic mass is 32.2. The highest BCUT2D eigenvalue weighted by Crippen LogP contribution is 2.25. The first-order valence-corrected chi connectivity index (χ1v) is 9.73. The Bertz CT molecular complexity index is 771. The Hall–Kier alpha value is -2.33. The van der Waals surface area contributed by atoms with Gasteiger partial charge in [0.05, 0.1) is 20.5 Å². The third-order valence-corrected chi connectivity index (χ3v) is 5.31. The number of benzene rings is 1. The summed E-state index contributed by atoms with van der Waals surface area (Å²) in [4.78, 5) is 25.7. The third-order valence-electron chi connectivity index (χ3n) is 4.01. The highest BCUT2D eigenvalue weighted by molar-refractivity contribution is 7.88. The quantitative estimate of drug-likeness (QED) is 0.632. The molecule has 1 saturated heterocycles. The van der Waals surface area contributed by atoms with Gasteiger partial charge >= 0.3 is 5.97 Å². The van der Waals surface area contributed by atoms with Crippen LogP contribution in [0.4, 0.5) is 0 Å². The maximum atomic E-state index is 12.3. The van der Waals surface area contributed by atoms with Gasteiger partial charge in [-0.3, -0.25) is 4.79 Å². The van der Waals surface area contributed by atoms with Crippen molar-refractivity contribution in [1.29, 1.82) is 0 Å². The molecule has 2 rings (SSSR count). The summed E-state index contributed by atoms with van der Waals surface area (Å²) in [5, 5.41) is 0. The Balaban J connectivity index is 2.00. The summed E-state index contributed by atoms with van der Waals surface area (Å²) in [7, 11) is -0.529. The number of nitrogens with zero attached hydrogens (tertiary/aromatic N) is 2. The highest BCUT2D eigenvalue weighted by Gasteiger charge is 2.26. The largest absolute Gasteiger partial charge is 0.497 e. The number of hydrogen-bond donors (Lipinski definition) is 0. The lowest BCUT2D eigenvalue weighted by Gasteiger charge is -2.33. The summed E-state index contributed by atoms with van der Waals surface area (Å²) in [6.07, 6.45) is 1.14. The molecule has 0 radical (unpaired) electrons. The predicted octanol–water partition coefficient (Wildman–Crippen LogP) is -0.0356. The molecule has 1 heterocycles. The molecule has 1 aromatic carbocycles. The monoisotopic (exact) mass is 386 g/mol. The van der Waals surface area contributed by atoms with Gasteiger partial charge in [0.15, 0.2) is 6.61 Å². The molecule has 1 aliphatic heterocycles. The Morgan fingerprint density at radius 1 is 1.12 bits per heavy atom. The van der Waals surface area contributed by atoms with Crippen LogP contribution < -0.4 is 9.47 Å². The van der Waals surface area contributed by atoms with Gasteiger partial charge < -0.3 is 19.1 Å². The van der Waals surface area contributed by atoms with Crippen molar-refractivity contribution in [3.8, 4) is 11.5 Å². The smallest absolute Gasteiger partial charge is 0.341 e. The van der Waals surface area contributed by atoms with Crippen LogP contribution in [0.1, 0.15) is 10.4 Å². The summed E-state index contributed by atoms with van der Waals surface area (Å²) in [6.45, 7) is 0.790. The van der Waals surface area contributed by atoms with Crippen molar-refractivity contribution in [2.45, 2.75) is 0 Å². The van der Waals surface area contributed by atoms with Gasteiger partial charge in [-0.25, -0.2) is 13.2 Å². The van der Waals surface area contributed by atoms with Gasteiger partial charge in [0.1, 0.15) is 17.1 Å². The van der Waals surface area contributed by atoms with Crippen LogP contribution in [-0.4, -0.2) is 82.8 Å². The molecule has 10 heteroatoms. The number of amides is 1. The minimum absolute atomic E-state index is 0.180. The molecule has 1 amide bonds. The van der Waals surface area contributed by atoms with Crippen LogP contribution in [0.5, 0.6) is 11.5 Å². The number of carbonyl (C=O) groups excluding carboxylic acids is 2. The topological polar surface area (TPSA) is 102 Å². The summed E-state index contributed by atoms with van der Waals surface area (Å²) < 4.78 is 39.6. The molecule has 144 valence electrons. The zero-order valence-corrected chi connectivity index (χ0v) is 15.7. The van der Waals surface area contributed by atoms with Gasteiger partial charge in [0.2, 0.25) is 10.0 Å². The number of sulfonamides is 1. The second-order valence-electron chi connectivity index (χ2n) is 5.69. The molecule has 0 aromatic heterocycles. The standard InChI is InChI=1S/C16H22N2O7S/c1-23-12-4-5-13(16(20)24-2)14(10-12)25-11-15(19)17-6-8-18(9-7-17)26(3,21)22/h4-5,10H,6-9,11H2,1-3H3. The first-order valence-electron chi connectivity index (χ1n) is 7.88. The Labute approximate surface area is 152 Å². The number of piperazine rings is 1. The van der Waals surface area contributed by atoms with E-state index in [2.05, 4.69) is 0 Å². The fourth-order valence-corrected chi connectivity index (χ4v) is 3.35. The molecule has 0 unspecified atom stereocenters. The zero-order chi connectivity index (χ0) is 19.3. The fraction of sp³-hybridized carbons (Fsp3) is 0.500. The van der Waals surface area contributed by atoms with Crippen molar-refractivity contribution in [2.24, 2.45) is 0 Å². The number of rotatable bonds is 6. The number of methoxy groups -OCH3 is 2. The lowest BCUT2D eigenvalue weighted by Crippen LogP contribution is -2.51. The van der Waals surface area contributed by atoms with E-state index in [0.717, 1.165) is 6.26 Å². The first kappa shape index (κ1) is 20.0. The first-order chi connectivity index (χ1) is 12.3. The number of carbonyl (C=O) groups is 2. The molecule has 1 aromatic rings. The molecular weight excluding hydrogens is 364 g/mol. The fourth-order valence-electron chi connectivity index (χ4n) is 2.53. The molecular formula is C16H22N2O7S. The van der Waals surface area contributed by atoms with E-state index in [4.69, 9.17) is 14.2 Å². The van der Waals surface area contributed by atoms with E-state index < -0.39 is 16.0 Å². The maximum absolute atomic E-state index is 12.3. The van der Waals surface area contributed by atoms with E-state index in [1.807, 2.05) is 0 Å². The van der Waals surface area contributed by atoms with Crippen molar-refractivity contribution < 1.29 is 32.2 Å². The van der Waals surface area contributed by atoms with Gasteiger partial charge in [-0.05, 0) is 12.1 Å². The molecule has 0 saturated carbocycles. The normalized spacial score (nSPS) is 15.4. The SMILES string of the molecule is COC(=O)c1ccc(OC)cc1OCC(=O)N1CCN(S(C)(=O)=O)CC1. The van der Waals surface area contributed by atoms with Crippen LogP contribution in [0.15, 0.2) is 18.2 Å². The van der Waals surface area contributed by atoms with Gasteiger partial charge in [-0.15, -0.1) is 0 Å². The minimum Gasteiger partial charge on any atom is -0.497 e. The molecule has 0 N–H and O–H groups in total. The van der Waals surface area contributed by atoms with Gasteiger partial charge in [0, 0.05) is 32.2 Å². The van der Waals surface area contributed by atoms with Gasteiger partial charge in [-0.1, -0.05) is 0 Å². The molecule has 9 nitrogen and oxygen atoms in total. The summed E-state index contributed by atoms with van der Waals surface area (Å²) in [6, 6.07) is 4.59. The number of ether oxygens (including phenoxy) is 3. The average molecular weight is 386 g/mol. The van der Waals surface area contributed by atoms with Crippen LogP contribution in [0.25, 0.3) is 0 Å². The molecule has 1 fully saturated rings. The Kier molecular flexibility index (Phi) is 6.43. The predicted molar refractivity (Wildman–Crippen MR) is 92.8 cm³/mol. The zero-order valence-electron chi connectivity index (χ0n) is 14.9. The minimum atomic E-state index is -3.26. The van der Waals surface area contributed by atoms with Crippen LogP contribution in [0, 0.1) is 0 Å². The van der Waals surface area contributed by atoms with E-state index in [1.165, 1.54) is 35.6 Å². The van der Waals surface area contributed by atoms with Crippen LogP contribution in [-0.2, 0) is 19.6 Å². The molecule has 0 aliphatic carbocycles. The third kappa shape index (κ3) is 4.85. The second kappa shape index (κ2) is 8.37. The van der Waals surface area contributed by atoms with Crippen molar-refractivity contribution >= 4 is 21.9 Å². The van der Waals surface area contributed by atoms with Crippen LogP contribution in [0.3, 0.4) is 0 Å². The number of hydrogen-bond acceptors (Lipinski definition) is 7. The van der Waals surface area contributed by atoms with Crippen molar-refractivity contribution in [3.63, 3.8) is 0 Å². The van der Waals surface area contributed by atoms with E-state index in [9.17, 15) is 18.0 Å². The van der Waals surface area contributed by atoms with Crippen molar-refractivity contribution in [2.75, 3.05) is 53.3 Å². The van der Waals surface area contributed by atoms with E-state index in [0.29, 0.717) is 5.75 Å². The average Bonchev–Trinajstić information content (AvgIpc) is 2.64. The van der Waals surface area contributed by atoms with Crippen LogP contribution in [0.2, 0.25) is 0 Å². The second-order valence-corrected chi connectivity index (χ2v) is 7.67. The summed E-state index contributed by atoms with van der Waals surface area (Å²) in [5.41, 5.74) is 0.183. The molecule has 0 bridgehead atoms. The van der Waals surface area contributed by atoms with Crippen molar-refractivity contribution in [3.05, 3.63) is 23.8 Å². The van der Waals surface area contributed by atoms with Crippen LogP contribution >= 0.6 is 0 Å². The Morgan fingerprint density at radius 2 is 1.77 bits per heavy atom. The molecule has 0 atom stereocenters. The van der Waals surface area contributed by atoms with E-state index in [1.54, 1.807) is 6.07 Å². The maximum Gasteiger partial charge on any atom is 0.341 e. The molecule has 26 heavy (non-hydrogen) atoms. The van der Waals surface area contributed by atoms with E-state index in [-0.39, 0.29) is 50.0 Å². The number of esters is 1. The van der Waals surface area contributed by atoms with Crippen molar-refractivity contribution in [1.82, 2.24) is 9.21 Å². The molecule has 1 aliphatic rings. The van der Waals surface area contributed by atoms with Gasteiger partial charge in [0.25, 0.3) is 5.91 Å².